The second-order valence-corrected chi connectivity index (χ2v) is 4.84. The molecule has 0 spiro atoms. The van der Waals surface area contributed by atoms with E-state index in [1.54, 1.807) is 6.92 Å². The Kier molecular flexibility index (Phi) is 5.66. The molecule has 0 aliphatic rings. The van der Waals surface area contributed by atoms with Crippen molar-refractivity contribution in [3.63, 3.8) is 0 Å². The van der Waals surface area contributed by atoms with Crippen molar-refractivity contribution < 1.29 is 4.92 Å². The number of rotatable bonds is 7. The third kappa shape index (κ3) is 3.55. The maximum absolute atomic E-state index is 11.3. The zero-order chi connectivity index (χ0) is 15.3. The molecule has 7 nitrogen and oxygen atoms in total. The molecule has 1 aromatic rings. The normalized spacial score (nSPS) is 12.1. The fraction of sp³-hybridized carbons (Fsp3) is 0.692. The van der Waals surface area contributed by atoms with Crippen molar-refractivity contribution in [2.24, 2.45) is 0 Å². The van der Waals surface area contributed by atoms with E-state index in [1.165, 1.54) is 0 Å². The molecule has 1 unspecified atom stereocenters. The van der Waals surface area contributed by atoms with Gasteiger partial charge in [-0.3, -0.25) is 10.1 Å². The molecule has 1 rings (SSSR count). The zero-order valence-corrected chi connectivity index (χ0v) is 12.8. The molecule has 0 aromatic carbocycles. The van der Waals surface area contributed by atoms with Gasteiger partial charge in [-0.25, -0.2) is 4.98 Å². The minimum absolute atomic E-state index is 0.0166. The van der Waals surface area contributed by atoms with Crippen LogP contribution in [0.5, 0.6) is 0 Å². The van der Waals surface area contributed by atoms with E-state index in [4.69, 9.17) is 0 Å². The third-order valence-electron chi connectivity index (χ3n) is 3.26. The molecule has 20 heavy (non-hydrogen) atoms. The zero-order valence-electron chi connectivity index (χ0n) is 12.8. The fourth-order valence-corrected chi connectivity index (χ4v) is 2.07. The van der Waals surface area contributed by atoms with Crippen molar-refractivity contribution in [1.82, 2.24) is 9.97 Å². The summed E-state index contributed by atoms with van der Waals surface area (Å²) < 4.78 is 0. The van der Waals surface area contributed by atoms with Crippen molar-refractivity contribution >= 4 is 17.5 Å². The second-order valence-electron chi connectivity index (χ2n) is 4.84. The van der Waals surface area contributed by atoms with Gasteiger partial charge in [-0.1, -0.05) is 13.3 Å². The first-order valence-electron chi connectivity index (χ1n) is 6.92. The Labute approximate surface area is 119 Å². The van der Waals surface area contributed by atoms with Gasteiger partial charge in [0.25, 0.3) is 0 Å². The SMILES string of the molecule is CCCC(C)N(C)c1nc(NCC)nc(C)c1[N+](=O)[O-]. The van der Waals surface area contributed by atoms with E-state index >= 15 is 0 Å². The van der Waals surface area contributed by atoms with Crippen LogP contribution in [0.15, 0.2) is 0 Å². The lowest BCUT2D eigenvalue weighted by Crippen LogP contribution is -2.30. The number of aromatic nitrogens is 2. The van der Waals surface area contributed by atoms with Gasteiger partial charge in [-0.15, -0.1) is 0 Å². The summed E-state index contributed by atoms with van der Waals surface area (Å²) in [6.07, 6.45) is 1.97. The minimum Gasteiger partial charge on any atom is -0.354 e. The molecule has 0 bridgehead atoms. The molecule has 112 valence electrons. The lowest BCUT2D eigenvalue weighted by Gasteiger charge is -2.25. The average molecular weight is 281 g/mol. The molecular formula is C13H23N5O2. The van der Waals surface area contributed by atoms with Gasteiger partial charge < -0.3 is 10.2 Å². The summed E-state index contributed by atoms with van der Waals surface area (Å²) in [5, 5.41) is 14.3. The van der Waals surface area contributed by atoms with Crippen molar-refractivity contribution in [3.05, 3.63) is 15.8 Å². The number of anilines is 2. The average Bonchev–Trinajstić information content (AvgIpc) is 2.37. The van der Waals surface area contributed by atoms with Crippen molar-refractivity contribution in [2.75, 3.05) is 23.8 Å². The van der Waals surface area contributed by atoms with Gasteiger partial charge in [-0.05, 0) is 27.2 Å². The smallest absolute Gasteiger partial charge is 0.332 e. The highest BCUT2D eigenvalue weighted by Crippen LogP contribution is 2.30. The van der Waals surface area contributed by atoms with Crippen LogP contribution in [0.3, 0.4) is 0 Å². The first-order valence-corrected chi connectivity index (χ1v) is 6.92. The van der Waals surface area contributed by atoms with Crippen LogP contribution in [-0.2, 0) is 0 Å². The summed E-state index contributed by atoms with van der Waals surface area (Å²) in [5.41, 5.74) is 0.364. The first-order chi connectivity index (χ1) is 9.42. The molecule has 1 aromatic heterocycles. The lowest BCUT2D eigenvalue weighted by molar-refractivity contribution is -0.385. The molecule has 0 fully saturated rings. The maximum Gasteiger partial charge on any atom is 0.332 e. The Balaban J connectivity index is 3.28. The van der Waals surface area contributed by atoms with Crippen LogP contribution >= 0.6 is 0 Å². The van der Waals surface area contributed by atoms with Gasteiger partial charge in [-0.2, -0.15) is 4.98 Å². The number of nitrogens with one attached hydrogen (secondary N) is 1. The van der Waals surface area contributed by atoms with Crippen LogP contribution in [0, 0.1) is 17.0 Å². The van der Waals surface area contributed by atoms with Gasteiger partial charge >= 0.3 is 5.69 Å². The fourth-order valence-electron chi connectivity index (χ4n) is 2.07. The Bertz CT molecular complexity index is 478. The number of aryl methyl sites for hydroxylation is 1. The van der Waals surface area contributed by atoms with Gasteiger partial charge in [0, 0.05) is 19.6 Å². The Morgan fingerprint density at radius 3 is 2.55 bits per heavy atom. The third-order valence-corrected chi connectivity index (χ3v) is 3.26. The highest BCUT2D eigenvalue weighted by Gasteiger charge is 2.26. The van der Waals surface area contributed by atoms with E-state index in [0.717, 1.165) is 12.8 Å². The van der Waals surface area contributed by atoms with E-state index in [9.17, 15) is 10.1 Å². The second kappa shape index (κ2) is 7.02. The summed E-state index contributed by atoms with van der Waals surface area (Å²) in [7, 11) is 1.84. The standard InChI is InChI=1S/C13H23N5O2/c1-6-8-9(3)17(5)12-11(18(19)20)10(4)15-13(16-12)14-7-2/h9H,6-8H2,1-5H3,(H,14,15,16). The summed E-state index contributed by atoms with van der Waals surface area (Å²) in [4.78, 5) is 21.2. The molecule has 0 saturated carbocycles. The van der Waals surface area contributed by atoms with Crippen LogP contribution < -0.4 is 10.2 Å². The molecule has 0 aliphatic carbocycles. The van der Waals surface area contributed by atoms with E-state index in [0.29, 0.717) is 24.0 Å². The topological polar surface area (TPSA) is 84.2 Å². The number of nitro groups is 1. The van der Waals surface area contributed by atoms with Gasteiger partial charge in [0.15, 0.2) is 0 Å². The van der Waals surface area contributed by atoms with E-state index in [2.05, 4.69) is 22.2 Å². The quantitative estimate of drug-likeness (QED) is 0.611. The number of hydrogen-bond donors (Lipinski definition) is 1. The molecule has 1 N–H and O–H groups in total. The van der Waals surface area contributed by atoms with Crippen molar-refractivity contribution in [1.29, 1.82) is 0 Å². The Hall–Kier alpha value is -1.92. The Morgan fingerprint density at radius 2 is 2.05 bits per heavy atom. The van der Waals surface area contributed by atoms with Crippen molar-refractivity contribution in [2.45, 2.75) is 46.6 Å². The van der Waals surface area contributed by atoms with Gasteiger partial charge in [0.1, 0.15) is 5.69 Å². The van der Waals surface area contributed by atoms with Crippen LogP contribution in [-0.4, -0.2) is 34.5 Å². The number of nitrogens with zero attached hydrogens (tertiary/aromatic N) is 4. The highest BCUT2D eigenvalue weighted by molar-refractivity contribution is 5.62. The molecule has 1 heterocycles. The molecule has 0 saturated heterocycles. The molecule has 0 radical (unpaired) electrons. The highest BCUT2D eigenvalue weighted by atomic mass is 16.6. The largest absolute Gasteiger partial charge is 0.354 e. The van der Waals surface area contributed by atoms with E-state index < -0.39 is 4.92 Å². The van der Waals surface area contributed by atoms with Crippen LogP contribution in [0.2, 0.25) is 0 Å². The molecule has 0 amide bonds. The van der Waals surface area contributed by atoms with E-state index in [-0.39, 0.29) is 11.7 Å². The molecular weight excluding hydrogens is 258 g/mol. The van der Waals surface area contributed by atoms with Crippen LogP contribution in [0.1, 0.15) is 39.3 Å². The number of hydrogen-bond acceptors (Lipinski definition) is 6. The lowest BCUT2D eigenvalue weighted by atomic mass is 10.1. The summed E-state index contributed by atoms with van der Waals surface area (Å²) in [6, 6.07) is 0.183. The first kappa shape index (κ1) is 16.1. The minimum atomic E-state index is -0.407. The van der Waals surface area contributed by atoms with Crippen molar-refractivity contribution in [3.8, 4) is 0 Å². The van der Waals surface area contributed by atoms with Gasteiger partial charge in [0.05, 0.1) is 4.92 Å². The summed E-state index contributed by atoms with van der Waals surface area (Å²) >= 11 is 0. The van der Waals surface area contributed by atoms with Crippen LogP contribution in [0.4, 0.5) is 17.5 Å². The van der Waals surface area contributed by atoms with Crippen LogP contribution in [0.25, 0.3) is 0 Å². The predicted octanol–water partition coefficient (Wildman–Crippen LogP) is 2.75. The monoisotopic (exact) mass is 281 g/mol. The maximum atomic E-state index is 11.3. The summed E-state index contributed by atoms with van der Waals surface area (Å²) in [5.74, 6) is 0.806. The molecule has 7 heteroatoms. The van der Waals surface area contributed by atoms with E-state index in [1.807, 2.05) is 25.8 Å². The molecule has 1 atom stereocenters. The summed E-state index contributed by atoms with van der Waals surface area (Å²) in [6.45, 7) is 8.38. The molecule has 0 aliphatic heterocycles. The Morgan fingerprint density at radius 1 is 1.40 bits per heavy atom. The predicted molar refractivity (Wildman–Crippen MR) is 80.4 cm³/mol. The van der Waals surface area contributed by atoms with Gasteiger partial charge in [0.2, 0.25) is 11.8 Å².